The molecule has 2 heteroatoms. The lowest BCUT2D eigenvalue weighted by atomic mass is 9.43. The molecule has 0 aromatic heterocycles. The third-order valence-corrected chi connectivity index (χ3v) is 10.6. The van der Waals surface area contributed by atoms with Crippen LogP contribution in [0.4, 0.5) is 5.69 Å². The van der Waals surface area contributed by atoms with Gasteiger partial charge in [0.2, 0.25) is 5.91 Å². The number of rotatable bonds is 5. The number of hydrogen-bond acceptors (Lipinski definition) is 1. The summed E-state index contributed by atoms with van der Waals surface area (Å²) in [5.41, 5.74) is 2.23. The molecule has 3 aliphatic carbocycles. The van der Waals surface area contributed by atoms with E-state index in [2.05, 4.69) is 87.2 Å². The third kappa shape index (κ3) is 4.47. The van der Waals surface area contributed by atoms with Gasteiger partial charge in [-0.2, -0.15) is 0 Å². The molecule has 6 atom stereocenters. The number of amides is 1. The van der Waals surface area contributed by atoms with Gasteiger partial charge in [0.1, 0.15) is 0 Å². The molecule has 35 heavy (non-hydrogen) atoms. The molecule has 188 valence electrons. The zero-order chi connectivity index (χ0) is 24.6. The van der Waals surface area contributed by atoms with Gasteiger partial charge in [0, 0.05) is 5.69 Å². The first kappa shape index (κ1) is 24.6. The van der Waals surface area contributed by atoms with Crippen molar-refractivity contribution >= 4 is 11.6 Å². The maximum absolute atomic E-state index is 14.6. The summed E-state index contributed by atoms with van der Waals surface area (Å²) in [6.07, 6.45) is 10.2. The molecule has 5 rings (SSSR count). The van der Waals surface area contributed by atoms with Crippen LogP contribution in [-0.2, 0) is 11.3 Å². The number of carbonyl (C=O) groups is 1. The third-order valence-electron chi connectivity index (χ3n) is 10.6. The van der Waals surface area contributed by atoms with Crippen molar-refractivity contribution in [2.75, 3.05) is 4.90 Å². The maximum atomic E-state index is 14.6. The predicted molar refractivity (Wildman–Crippen MR) is 146 cm³/mol. The lowest BCUT2D eigenvalue weighted by Crippen LogP contribution is -2.58. The molecule has 1 amide bonds. The van der Waals surface area contributed by atoms with Gasteiger partial charge in [-0.25, -0.2) is 0 Å². The first-order valence-electron chi connectivity index (χ1n) is 14.2. The molecular weight excluding hydrogens is 426 g/mol. The molecule has 3 saturated carbocycles. The monoisotopic (exact) mass is 471 g/mol. The minimum absolute atomic E-state index is 0.294. The van der Waals surface area contributed by atoms with Crippen LogP contribution in [0.5, 0.6) is 0 Å². The van der Waals surface area contributed by atoms with Crippen LogP contribution in [0.2, 0.25) is 0 Å². The molecule has 3 aliphatic rings. The topological polar surface area (TPSA) is 20.3 Å². The first-order chi connectivity index (χ1) is 16.8. The van der Waals surface area contributed by atoms with E-state index < -0.39 is 0 Å². The molecule has 0 bridgehead atoms. The van der Waals surface area contributed by atoms with E-state index in [1.165, 1.54) is 50.5 Å². The summed E-state index contributed by atoms with van der Waals surface area (Å²) in [6.45, 7) is 10.4. The summed E-state index contributed by atoms with van der Waals surface area (Å²) in [7, 11) is 0. The molecule has 0 N–H and O–H groups in total. The zero-order valence-electron chi connectivity index (χ0n) is 22.4. The van der Waals surface area contributed by atoms with Crippen LogP contribution in [0, 0.1) is 40.4 Å². The zero-order valence-corrected chi connectivity index (χ0v) is 22.4. The van der Waals surface area contributed by atoms with Gasteiger partial charge in [-0.15, -0.1) is 0 Å². The molecule has 2 aromatic rings. The van der Waals surface area contributed by atoms with E-state index in [0.29, 0.717) is 23.8 Å². The molecule has 0 spiro atoms. The Labute approximate surface area is 213 Å². The number of hydrogen-bond donors (Lipinski definition) is 0. The Morgan fingerprint density at radius 2 is 1.60 bits per heavy atom. The lowest BCUT2D eigenvalue weighted by Gasteiger charge is -2.61. The molecule has 0 aliphatic heterocycles. The molecule has 3 fully saturated rings. The predicted octanol–water partition coefficient (Wildman–Crippen LogP) is 8.51. The normalized spacial score (nSPS) is 34.7. The number of carbonyl (C=O) groups excluding carboxylic acids is 1. The quantitative estimate of drug-likeness (QED) is 0.428. The Bertz CT molecular complexity index is 1000. The number of benzene rings is 2. The van der Waals surface area contributed by atoms with Crippen LogP contribution >= 0.6 is 0 Å². The van der Waals surface area contributed by atoms with E-state index in [9.17, 15) is 4.79 Å². The van der Waals surface area contributed by atoms with Crippen LogP contribution in [0.15, 0.2) is 60.7 Å². The van der Waals surface area contributed by atoms with Crippen molar-refractivity contribution in [1.29, 1.82) is 0 Å². The average Bonchev–Trinajstić information content (AvgIpc) is 2.87. The van der Waals surface area contributed by atoms with Crippen LogP contribution < -0.4 is 4.90 Å². The second kappa shape index (κ2) is 9.75. The molecular formula is C33H45NO. The van der Waals surface area contributed by atoms with Crippen LogP contribution in [0.25, 0.3) is 0 Å². The van der Waals surface area contributed by atoms with Gasteiger partial charge in [-0.1, -0.05) is 82.6 Å². The van der Waals surface area contributed by atoms with Crippen molar-refractivity contribution in [3.8, 4) is 0 Å². The Kier molecular flexibility index (Phi) is 6.85. The number of nitrogens with zero attached hydrogens (tertiary/aromatic N) is 1. The molecule has 0 saturated heterocycles. The largest absolute Gasteiger partial charge is 0.308 e. The molecule has 2 aromatic carbocycles. The Morgan fingerprint density at radius 3 is 2.29 bits per heavy atom. The minimum Gasteiger partial charge on any atom is -0.308 e. The standard InChI is InChI=1S/C33H45NO/c1-24(2)26-16-18-29-27(22-26)17-19-30-32(29,3)20-11-21-33(30,4)31(35)34(28-14-9-6-10-15-28)23-25-12-7-5-8-13-25/h5-10,12-15,24,26-27,29-30H,11,16-23H2,1-4H3/t26?,27?,29-,30+,32+,33+/m0/s1. The highest BCUT2D eigenvalue weighted by molar-refractivity contribution is 5.97. The van der Waals surface area contributed by atoms with Crippen molar-refractivity contribution in [2.24, 2.45) is 40.4 Å². The van der Waals surface area contributed by atoms with Crippen molar-refractivity contribution in [2.45, 2.75) is 85.6 Å². The minimum atomic E-state index is -0.294. The van der Waals surface area contributed by atoms with Crippen molar-refractivity contribution in [3.63, 3.8) is 0 Å². The Hall–Kier alpha value is -2.09. The average molecular weight is 472 g/mol. The van der Waals surface area contributed by atoms with E-state index >= 15 is 0 Å². The summed E-state index contributed by atoms with van der Waals surface area (Å²) in [5.74, 6) is 4.18. The number of para-hydroxylation sites is 1. The van der Waals surface area contributed by atoms with Crippen molar-refractivity contribution in [3.05, 3.63) is 66.2 Å². The fraction of sp³-hybridized carbons (Fsp3) is 0.606. The van der Waals surface area contributed by atoms with E-state index in [4.69, 9.17) is 0 Å². The lowest BCUT2D eigenvalue weighted by molar-refractivity contribution is -0.154. The van der Waals surface area contributed by atoms with Crippen molar-refractivity contribution in [1.82, 2.24) is 0 Å². The highest BCUT2D eigenvalue weighted by Crippen LogP contribution is 2.65. The van der Waals surface area contributed by atoms with Gasteiger partial charge >= 0.3 is 0 Å². The van der Waals surface area contributed by atoms with Gasteiger partial charge < -0.3 is 4.90 Å². The summed E-state index contributed by atoms with van der Waals surface area (Å²) in [5, 5.41) is 0. The molecule has 2 nitrogen and oxygen atoms in total. The molecule has 0 heterocycles. The van der Waals surface area contributed by atoms with E-state index in [-0.39, 0.29) is 5.41 Å². The number of anilines is 1. The summed E-state index contributed by atoms with van der Waals surface area (Å²) < 4.78 is 0. The molecule has 0 radical (unpaired) electrons. The van der Waals surface area contributed by atoms with Gasteiger partial charge in [0.25, 0.3) is 0 Å². The highest BCUT2D eigenvalue weighted by Gasteiger charge is 2.59. The summed E-state index contributed by atoms with van der Waals surface area (Å²) in [4.78, 5) is 16.7. The summed E-state index contributed by atoms with van der Waals surface area (Å²) >= 11 is 0. The fourth-order valence-electron chi connectivity index (χ4n) is 8.70. The fourth-order valence-corrected chi connectivity index (χ4v) is 8.70. The van der Waals surface area contributed by atoms with E-state index in [1.807, 2.05) is 6.07 Å². The smallest absolute Gasteiger partial charge is 0.233 e. The number of fused-ring (bicyclic) bond motifs is 3. The van der Waals surface area contributed by atoms with Crippen molar-refractivity contribution < 1.29 is 4.79 Å². The van der Waals surface area contributed by atoms with E-state index in [0.717, 1.165) is 35.8 Å². The Balaban J connectivity index is 1.45. The van der Waals surface area contributed by atoms with Gasteiger partial charge in [-0.05, 0) is 97.6 Å². The van der Waals surface area contributed by atoms with Gasteiger partial charge in [-0.3, -0.25) is 4.79 Å². The second-order valence-electron chi connectivity index (χ2n) is 12.8. The first-order valence-corrected chi connectivity index (χ1v) is 14.2. The van der Waals surface area contributed by atoms with Gasteiger partial charge in [0.05, 0.1) is 12.0 Å². The van der Waals surface area contributed by atoms with Crippen LogP contribution in [0.3, 0.4) is 0 Å². The second-order valence-corrected chi connectivity index (χ2v) is 12.8. The van der Waals surface area contributed by atoms with E-state index in [1.54, 1.807) is 0 Å². The van der Waals surface area contributed by atoms with Gasteiger partial charge in [0.15, 0.2) is 0 Å². The Morgan fingerprint density at radius 1 is 0.914 bits per heavy atom. The summed E-state index contributed by atoms with van der Waals surface area (Å²) in [6, 6.07) is 20.9. The SMILES string of the molecule is CC(C)C1CC[C@H]2C(CC[C@@H]3[C@]2(C)CCC[C@@]3(C)C(=O)N(Cc2ccccc2)c2ccccc2)C1. The highest BCUT2D eigenvalue weighted by atomic mass is 16.2. The molecule has 2 unspecified atom stereocenters. The van der Waals surface area contributed by atoms with Crippen LogP contribution in [0.1, 0.15) is 84.6 Å². The van der Waals surface area contributed by atoms with Crippen LogP contribution in [-0.4, -0.2) is 5.91 Å². The maximum Gasteiger partial charge on any atom is 0.233 e.